The Morgan fingerprint density at radius 3 is 2.19 bits per heavy atom. The minimum atomic E-state index is -0.771. The molecule has 31 heavy (non-hydrogen) atoms. The standard InChI is InChI=1S/C21H18N4O5S/c1-12-8-13(2)23-21(22-12)31-18-6-4-16(5-7-18)24-19(26)14-9-15(20(27)30-3)11-17(10-14)25(28)29/h4-11H,1-3H3,(H,24,26). The molecular formula is C21H18N4O5S. The molecule has 10 heteroatoms. The molecule has 0 aliphatic heterocycles. The van der Waals surface area contributed by atoms with Crippen LogP contribution in [-0.4, -0.2) is 33.9 Å². The average molecular weight is 438 g/mol. The van der Waals surface area contributed by atoms with Crippen LogP contribution < -0.4 is 5.32 Å². The quantitative estimate of drug-likeness (QED) is 0.263. The Labute approximate surface area is 182 Å². The number of hydrogen-bond acceptors (Lipinski definition) is 8. The van der Waals surface area contributed by atoms with Gasteiger partial charge < -0.3 is 10.1 Å². The maximum absolute atomic E-state index is 12.6. The van der Waals surface area contributed by atoms with Gasteiger partial charge in [0.2, 0.25) is 0 Å². The smallest absolute Gasteiger partial charge is 0.338 e. The Morgan fingerprint density at radius 2 is 1.61 bits per heavy atom. The first-order valence-corrected chi connectivity index (χ1v) is 9.86. The van der Waals surface area contributed by atoms with E-state index < -0.39 is 16.8 Å². The topological polar surface area (TPSA) is 124 Å². The number of ether oxygens (including phenoxy) is 1. The van der Waals surface area contributed by atoms with Gasteiger partial charge in [-0.3, -0.25) is 14.9 Å². The molecule has 0 radical (unpaired) electrons. The third kappa shape index (κ3) is 5.64. The van der Waals surface area contributed by atoms with Crippen molar-refractivity contribution in [1.29, 1.82) is 0 Å². The van der Waals surface area contributed by atoms with Crippen LogP contribution in [-0.2, 0) is 4.74 Å². The molecule has 158 valence electrons. The van der Waals surface area contributed by atoms with Gasteiger partial charge in [-0.05, 0) is 62.0 Å². The molecule has 1 heterocycles. The summed E-state index contributed by atoms with van der Waals surface area (Å²) in [4.78, 5) is 44.5. The van der Waals surface area contributed by atoms with Crippen LogP contribution in [0.25, 0.3) is 0 Å². The van der Waals surface area contributed by atoms with Crippen LogP contribution in [0.15, 0.2) is 58.6 Å². The van der Waals surface area contributed by atoms with Gasteiger partial charge in [0.1, 0.15) is 0 Å². The summed E-state index contributed by atoms with van der Waals surface area (Å²) in [7, 11) is 1.16. The maximum atomic E-state index is 12.6. The fourth-order valence-electron chi connectivity index (χ4n) is 2.74. The number of benzene rings is 2. The molecule has 0 saturated carbocycles. The molecule has 1 aromatic heterocycles. The van der Waals surface area contributed by atoms with Crippen molar-refractivity contribution in [2.45, 2.75) is 23.9 Å². The van der Waals surface area contributed by atoms with Crippen LogP contribution in [0.4, 0.5) is 11.4 Å². The van der Waals surface area contributed by atoms with E-state index >= 15 is 0 Å². The van der Waals surface area contributed by atoms with E-state index in [4.69, 9.17) is 0 Å². The number of non-ortho nitro benzene ring substituents is 1. The molecule has 9 nitrogen and oxygen atoms in total. The number of aryl methyl sites for hydroxylation is 2. The van der Waals surface area contributed by atoms with Crippen LogP contribution in [0.3, 0.4) is 0 Å². The molecule has 2 aromatic carbocycles. The Balaban J connectivity index is 1.76. The van der Waals surface area contributed by atoms with Gasteiger partial charge in [0.05, 0.1) is 17.6 Å². The summed E-state index contributed by atoms with van der Waals surface area (Å²) < 4.78 is 4.59. The number of methoxy groups -OCH3 is 1. The number of hydrogen-bond donors (Lipinski definition) is 1. The van der Waals surface area contributed by atoms with Gasteiger partial charge in [0, 0.05) is 39.7 Å². The second-order valence-corrected chi connectivity index (χ2v) is 7.57. The van der Waals surface area contributed by atoms with E-state index in [1.165, 1.54) is 17.8 Å². The van der Waals surface area contributed by atoms with E-state index in [-0.39, 0.29) is 16.8 Å². The SMILES string of the molecule is COC(=O)c1cc(C(=O)Nc2ccc(Sc3nc(C)cc(C)n3)cc2)cc([N+](=O)[O-])c1. The average Bonchev–Trinajstić information content (AvgIpc) is 2.73. The zero-order valence-electron chi connectivity index (χ0n) is 16.9. The second kappa shape index (κ2) is 9.35. The fourth-order valence-corrected chi connectivity index (χ4v) is 3.60. The zero-order chi connectivity index (χ0) is 22.5. The van der Waals surface area contributed by atoms with E-state index in [0.717, 1.165) is 35.5 Å². The molecule has 0 bridgehead atoms. The lowest BCUT2D eigenvalue weighted by molar-refractivity contribution is -0.384. The number of aromatic nitrogens is 2. The van der Waals surface area contributed by atoms with Crippen molar-refractivity contribution >= 4 is 35.0 Å². The number of anilines is 1. The van der Waals surface area contributed by atoms with Crippen LogP contribution in [0, 0.1) is 24.0 Å². The highest BCUT2D eigenvalue weighted by Crippen LogP contribution is 2.26. The van der Waals surface area contributed by atoms with Crippen molar-refractivity contribution in [3.8, 4) is 0 Å². The predicted octanol–water partition coefficient (Wildman–Crippen LogP) is 4.19. The molecule has 0 fully saturated rings. The van der Waals surface area contributed by atoms with Crippen molar-refractivity contribution in [3.63, 3.8) is 0 Å². The number of esters is 1. The van der Waals surface area contributed by atoms with Gasteiger partial charge in [-0.1, -0.05) is 0 Å². The number of rotatable bonds is 6. The van der Waals surface area contributed by atoms with E-state index in [1.54, 1.807) is 24.3 Å². The summed E-state index contributed by atoms with van der Waals surface area (Å²) in [5.74, 6) is -1.36. The predicted molar refractivity (Wildman–Crippen MR) is 114 cm³/mol. The van der Waals surface area contributed by atoms with Crippen molar-refractivity contribution in [3.05, 3.63) is 81.2 Å². The van der Waals surface area contributed by atoms with Crippen LogP contribution >= 0.6 is 11.8 Å². The second-order valence-electron chi connectivity index (χ2n) is 6.53. The van der Waals surface area contributed by atoms with Gasteiger partial charge in [-0.15, -0.1) is 0 Å². The summed E-state index contributed by atoms with van der Waals surface area (Å²) in [6, 6.07) is 12.3. The Hall–Kier alpha value is -3.79. The summed E-state index contributed by atoms with van der Waals surface area (Å²) in [5.41, 5.74) is 1.75. The summed E-state index contributed by atoms with van der Waals surface area (Å²) in [6.45, 7) is 3.80. The largest absolute Gasteiger partial charge is 0.465 e. The third-order valence-corrected chi connectivity index (χ3v) is 4.97. The van der Waals surface area contributed by atoms with Crippen LogP contribution in [0.5, 0.6) is 0 Å². The van der Waals surface area contributed by atoms with Crippen molar-refractivity contribution in [2.75, 3.05) is 12.4 Å². The molecule has 0 unspecified atom stereocenters. The van der Waals surface area contributed by atoms with E-state index in [1.807, 2.05) is 19.9 Å². The lowest BCUT2D eigenvalue weighted by Gasteiger charge is -2.08. The molecule has 0 atom stereocenters. The first-order chi connectivity index (χ1) is 14.7. The highest BCUT2D eigenvalue weighted by atomic mass is 32.2. The molecular weight excluding hydrogens is 420 g/mol. The molecule has 3 aromatic rings. The van der Waals surface area contributed by atoms with Gasteiger partial charge >= 0.3 is 5.97 Å². The number of carbonyl (C=O) groups excluding carboxylic acids is 2. The highest BCUT2D eigenvalue weighted by Gasteiger charge is 2.18. The minimum Gasteiger partial charge on any atom is -0.465 e. The molecule has 0 aliphatic carbocycles. The summed E-state index contributed by atoms with van der Waals surface area (Å²) >= 11 is 1.39. The molecule has 0 aliphatic rings. The van der Waals surface area contributed by atoms with Gasteiger partial charge in [0.25, 0.3) is 11.6 Å². The van der Waals surface area contributed by atoms with E-state index in [9.17, 15) is 19.7 Å². The monoisotopic (exact) mass is 438 g/mol. The molecule has 0 spiro atoms. The lowest BCUT2D eigenvalue weighted by Crippen LogP contribution is -2.14. The number of carbonyl (C=O) groups is 2. The number of nitro groups is 1. The number of amides is 1. The summed E-state index contributed by atoms with van der Waals surface area (Å²) in [5, 5.41) is 14.4. The van der Waals surface area contributed by atoms with E-state index in [0.29, 0.717) is 10.8 Å². The van der Waals surface area contributed by atoms with Crippen molar-refractivity contribution in [2.24, 2.45) is 0 Å². The molecule has 3 rings (SSSR count). The molecule has 0 saturated heterocycles. The lowest BCUT2D eigenvalue weighted by atomic mass is 10.1. The maximum Gasteiger partial charge on any atom is 0.338 e. The summed E-state index contributed by atoms with van der Waals surface area (Å²) in [6.07, 6.45) is 0. The van der Waals surface area contributed by atoms with Crippen LogP contribution in [0.1, 0.15) is 32.1 Å². The fraction of sp³-hybridized carbons (Fsp3) is 0.143. The Bertz CT molecular complexity index is 1140. The third-order valence-electron chi connectivity index (χ3n) is 4.09. The van der Waals surface area contributed by atoms with Crippen molar-refractivity contribution in [1.82, 2.24) is 9.97 Å². The normalized spacial score (nSPS) is 10.4. The van der Waals surface area contributed by atoms with Gasteiger partial charge in [-0.25, -0.2) is 14.8 Å². The van der Waals surface area contributed by atoms with Gasteiger partial charge in [-0.2, -0.15) is 0 Å². The van der Waals surface area contributed by atoms with E-state index in [2.05, 4.69) is 20.0 Å². The first-order valence-electron chi connectivity index (χ1n) is 9.04. The number of nitrogens with zero attached hydrogens (tertiary/aromatic N) is 3. The number of nitro benzene ring substituents is 1. The highest BCUT2D eigenvalue weighted by molar-refractivity contribution is 7.99. The van der Waals surface area contributed by atoms with Crippen LogP contribution in [0.2, 0.25) is 0 Å². The van der Waals surface area contributed by atoms with Crippen molar-refractivity contribution < 1.29 is 19.2 Å². The van der Waals surface area contributed by atoms with Gasteiger partial charge in [0.15, 0.2) is 5.16 Å². The Morgan fingerprint density at radius 1 is 1.00 bits per heavy atom. The minimum absolute atomic E-state index is 0.0308. The zero-order valence-corrected chi connectivity index (χ0v) is 17.7. The first kappa shape index (κ1) is 21.9. The number of nitrogens with one attached hydrogen (secondary N) is 1. The molecule has 1 N–H and O–H groups in total. The molecule has 1 amide bonds. The Kier molecular flexibility index (Phi) is 6.61.